The SMILES string of the molecule is Cn1nc[nH]c1=O.Cn1ncn(/C=C/S(=O)(=O)c2ccccc2)c1=O.O=S(=O)(/C=C/S(=O)(=O)c1ccccc1)c1ccccc1. The van der Waals surface area contributed by atoms with Crippen LogP contribution in [-0.4, -0.2) is 54.4 Å². The van der Waals surface area contributed by atoms with Gasteiger partial charge < -0.3 is 0 Å². The Balaban J connectivity index is 0.000000203. The van der Waals surface area contributed by atoms with E-state index in [1.165, 1.54) is 67.0 Å². The first-order chi connectivity index (χ1) is 21.2. The summed E-state index contributed by atoms with van der Waals surface area (Å²) in [5, 5.41) is 9.68. The highest BCUT2D eigenvalue weighted by Crippen LogP contribution is 2.16. The molecule has 0 aliphatic heterocycles. The van der Waals surface area contributed by atoms with E-state index in [1.807, 2.05) is 0 Å². The van der Waals surface area contributed by atoms with Crippen LogP contribution in [-0.2, 0) is 43.6 Å². The smallest absolute Gasteiger partial charge is 0.295 e. The summed E-state index contributed by atoms with van der Waals surface area (Å²) in [5.74, 6) is 0. The highest BCUT2D eigenvalue weighted by Gasteiger charge is 2.14. The van der Waals surface area contributed by atoms with E-state index >= 15 is 0 Å². The van der Waals surface area contributed by atoms with Gasteiger partial charge in [0.1, 0.15) is 12.7 Å². The minimum Gasteiger partial charge on any atom is -0.295 e. The van der Waals surface area contributed by atoms with Gasteiger partial charge in [-0.2, -0.15) is 10.2 Å². The number of aromatic amines is 1. The monoisotopic (exact) mass is 672 g/mol. The standard InChI is InChI=1S/C14H12O4S2.C11H11N3O3S.C3H5N3O/c15-19(16,13-7-3-1-4-8-13)11-12-20(17,18)14-9-5-2-6-10-14;1-13-11(15)14(9-12-13)7-8-18(16,17)10-5-3-2-4-6-10;1-6-3(7)4-2-5-6/h1-12H;2-9H,1H3;2H,1H3,(H,4,5,7)/b12-11+;8-7+;. The lowest BCUT2D eigenvalue weighted by atomic mass is 10.4. The summed E-state index contributed by atoms with van der Waals surface area (Å²) >= 11 is 0. The maximum absolute atomic E-state index is 12.0. The third kappa shape index (κ3) is 9.95. The molecule has 0 unspecified atom stereocenters. The quantitative estimate of drug-likeness (QED) is 0.267. The molecule has 0 saturated carbocycles. The third-order valence-electron chi connectivity index (χ3n) is 5.59. The van der Waals surface area contributed by atoms with Crippen LogP contribution in [0.1, 0.15) is 0 Å². The van der Waals surface area contributed by atoms with Crippen LogP contribution in [0, 0.1) is 0 Å². The van der Waals surface area contributed by atoms with Crippen molar-refractivity contribution >= 4 is 35.7 Å². The third-order valence-corrected chi connectivity index (χ3v) is 10.0. The summed E-state index contributed by atoms with van der Waals surface area (Å²) in [7, 11) is -8.00. The molecule has 1 N–H and O–H groups in total. The molecular weight excluding hydrogens is 645 g/mol. The number of nitrogens with one attached hydrogen (secondary N) is 1. The molecule has 0 saturated heterocycles. The number of sulfone groups is 3. The van der Waals surface area contributed by atoms with Crippen molar-refractivity contribution in [3.8, 4) is 0 Å². The molecule has 0 amide bonds. The van der Waals surface area contributed by atoms with Gasteiger partial charge in [-0.25, -0.2) is 44.2 Å². The second-order valence-corrected chi connectivity index (χ2v) is 14.3. The molecule has 0 aliphatic rings. The molecule has 5 aromatic rings. The Bertz CT molecular complexity index is 2130. The van der Waals surface area contributed by atoms with E-state index in [0.717, 1.165) is 14.7 Å². The summed E-state index contributed by atoms with van der Waals surface area (Å²) < 4.78 is 75.1. The van der Waals surface area contributed by atoms with Crippen LogP contribution in [0.25, 0.3) is 6.20 Å². The average molecular weight is 673 g/mol. The van der Waals surface area contributed by atoms with E-state index in [0.29, 0.717) is 10.8 Å². The number of hydrogen-bond acceptors (Lipinski definition) is 10. The molecule has 17 heteroatoms. The molecule has 0 atom stereocenters. The fourth-order valence-corrected chi connectivity index (χ4v) is 6.72. The molecule has 14 nitrogen and oxygen atoms in total. The topological polar surface area (TPSA) is 193 Å². The Morgan fingerprint density at radius 1 is 0.578 bits per heavy atom. The highest BCUT2D eigenvalue weighted by molar-refractivity contribution is 7.97. The van der Waals surface area contributed by atoms with Gasteiger partial charge in [0.15, 0.2) is 0 Å². The maximum atomic E-state index is 12.0. The van der Waals surface area contributed by atoms with E-state index in [-0.39, 0.29) is 20.4 Å². The van der Waals surface area contributed by atoms with Crippen molar-refractivity contribution in [1.29, 1.82) is 0 Å². The number of hydrogen-bond donors (Lipinski definition) is 1. The van der Waals surface area contributed by atoms with Crippen LogP contribution in [0.15, 0.2) is 144 Å². The minimum atomic E-state index is -3.76. The van der Waals surface area contributed by atoms with Gasteiger partial charge in [0.2, 0.25) is 29.5 Å². The van der Waals surface area contributed by atoms with Crippen LogP contribution in [0.3, 0.4) is 0 Å². The molecule has 2 aromatic heterocycles. The first-order valence-electron chi connectivity index (χ1n) is 12.7. The zero-order valence-electron chi connectivity index (χ0n) is 23.9. The Labute approximate surface area is 259 Å². The average Bonchev–Trinajstić information content (AvgIpc) is 3.58. The van der Waals surface area contributed by atoms with Crippen LogP contribution in [0.5, 0.6) is 0 Å². The lowest BCUT2D eigenvalue weighted by Crippen LogP contribution is -2.19. The van der Waals surface area contributed by atoms with Gasteiger partial charge in [-0.3, -0.25) is 9.55 Å². The van der Waals surface area contributed by atoms with E-state index in [9.17, 15) is 34.8 Å². The van der Waals surface area contributed by atoms with Gasteiger partial charge in [-0.05, 0) is 36.4 Å². The second-order valence-electron chi connectivity index (χ2n) is 8.79. The number of aryl methyl sites for hydroxylation is 2. The van der Waals surface area contributed by atoms with Crippen molar-refractivity contribution in [1.82, 2.24) is 29.1 Å². The summed E-state index contributed by atoms with van der Waals surface area (Å²) in [6, 6.07) is 23.3. The molecule has 3 aromatic carbocycles. The highest BCUT2D eigenvalue weighted by atomic mass is 32.2. The largest absolute Gasteiger partial charge is 0.349 e. The first kappa shape index (κ1) is 34.4. The Hall–Kier alpha value is -5.13. The van der Waals surface area contributed by atoms with Crippen LogP contribution in [0.4, 0.5) is 0 Å². The van der Waals surface area contributed by atoms with Crippen LogP contribution < -0.4 is 11.4 Å². The molecule has 0 spiro atoms. The zero-order valence-corrected chi connectivity index (χ0v) is 26.3. The lowest BCUT2D eigenvalue weighted by Gasteiger charge is -2.00. The molecule has 0 fully saturated rings. The van der Waals surface area contributed by atoms with Crippen LogP contribution >= 0.6 is 0 Å². The number of nitrogens with zero attached hydrogens (tertiary/aromatic N) is 5. The van der Waals surface area contributed by atoms with E-state index in [2.05, 4.69) is 15.2 Å². The van der Waals surface area contributed by atoms with Gasteiger partial charge >= 0.3 is 11.4 Å². The number of rotatable bonds is 7. The van der Waals surface area contributed by atoms with Gasteiger partial charge in [-0.15, -0.1) is 0 Å². The fraction of sp³-hybridized carbons (Fsp3) is 0.0714. The molecule has 2 heterocycles. The Morgan fingerprint density at radius 2 is 0.978 bits per heavy atom. The molecule has 45 heavy (non-hydrogen) atoms. The number of H-pyrrole nitrogens is 1. The zero-order chi connectivity index (χ0) is 33.1. The van der Waals surface area contributed by atoms with E-state index in [1.54, 1.807) is 61.6 Å². The lowest BCUT2D eigenvalue weighted by molar-refractivity contribution is 0.600. The van der Waals surface area contributed by atoms with Gasteiger partial charge in [0.05, 0.1) is 20.1 Å². The predicted molar refractivity (Wildman–Crippen MR) is 167 cm³/mol. The van der Waals surface area contributed by atoms with E-state index in [4.69, 9.17) is 0 Å². The second kappa shape index (κ2) is 15.0. The molecule has 236 valence electrons. The molecule has 0 radical (unpaired) electrons. The van der Waals surface area contributed by atoms with Crippen molar-refractivity contribution in [2.75, 3.05) is 0 Å². The summed E-state index contributed by atoms with van der Waals surface area (Å²) in [5.41, 5.74) is -0.588. The molecule has 5 rings (SSSR count). The molecular formula is C28H28N6O8S3. The first-order valence-corrected chi connectivity index (χ1v) is 17.3. The van der Waals surface area contributed by atoms with Crippen molar-refractivity contribution in [2.24, 2.45) is 14.1 Å². The predicted octanol–water partition coefficient (Wildman–Crippen LogP) is 2.00. The maximum Gasteiger partial charge on any atom is 0.349 e. The molecule has 0 aliphatic carbocycles. The van der Waals surface area contributed by atoms with Crippen LogP contribution in [0.2, 0.25) is 0 Å². The van der Waals surface area contributed by atoms with Gasteiger partial charge in [-0.1, -0.05) is 54.6 Å². The summed E-state index contributed by atoms with van der Waals surface area (Å²) in [6.45, 7) is 0. The van der Waals surface area contributed by atoms with E-state index < -0.39 is 35.2 Å². The number of benzene rings is 3. The number of aromatic nitrogens is 6. The summed E-state index contributed by atoms with van der Waals surface area (Å²) in [4.78, 5) is 24.4. The molecule has 0 bridgehead atoms. The van der Waals surface area contributed by atoms with Gasteiger partial charge in [0, 0.05) is 31.1 Å². The van der Waals surface area contributed by atoms with Crippen molar-refractivity contribution in [2.45, 2.75) is 14.7 Å². The van der Waals surface area contributed by atoms with Crippen molar-refractivity contribution in [3.05, 3.63) is 141 Å². The summed E-state index contributed by atoms with van der Waals surface area (Å²) in [6.07, 6.45) is 3.78. The minimum absolute atomic E-state index is 0.0551. The normalized spacial score (nSPS) is 11.9. The van der Waals surface area contributed by atoms with Crippen molar-refractivity contribution in [3.63, 3.8) is 0 Å². The van der Waals surface area contributed by atoms with Crippen molar-refractivity contribution < 1.29 is 25.3 Å². The Morgan fingerprint density at radius 3 is 1.27 bits per heavy atom. The van der Waals surface area contributed by atoms with Gasteiger partial charge in [0.25, 0.3) is 0 Å². The Kier molecular flexibility index (Phi) is 11.5. The fourth-order valence-electron chi connectivity index (χ4n) is 3.18.